The Kier molecular flexibility index (Phi) is 13.8. The molecule has 12 heteroatoms. The first-order chi connectivity index (χ1) is 14.3. The molecule has 0 aromatic rings. The molecule has 10 nitrogen and oxygen atoms in total. The standard InChI is InChI=1S/C20H37BrN2O8.H2S/c1-12(25)23-15-17(28)16(27)13(11-24)30-18(15)31-20(4,5)7-9-29-19(2,3)6-8-22-14(26)10-21;/h13,15-18,24,27-28H,6-11H2,1-5H3,(H,22,26)(H,23,25);1H2. The van der Waals surface area contributed by atoms with Gasteiger partial charge in [-0.05, 0) is 40.5 Å². The van der Waals surface area contributed by atoms with Crippen molar-refractivity contribution in [3.63, 3.8) is 0 Å². The van der Waals surface area contributed by atoms with E-state index in [9.17, 15) is 24.9 Å². The first-order valence-electron chi connectivity index (χ1n) is 10.4. The van der Waals surface area contributed by atoms with Gasteiger partial charge < -0.3 is 40.2 Å². The van der Waals surface area contributed by atoms with E-state index in [0.29, 0.717) is 26.0 Å². The Morgan fingerprint density at radius 2 is 1.72 bits per heavy atom. The molecule has 0 radical (unpaired) electrons. The minimum absolute atomic E-state index is 0. The third kappa shape index (κ3) is 10.6. The number of hydrogen-bond acceptors (Lipinski definition) is 8. The van der Waals surface area contributed by atoms with Gasteiger partial charge in [0.05, 0.1) is 29.7 Å². The lowest BCUT2D eigenvalue weighted by molar-refractivity contribution is -0.297. The Balaban J connectivity index is 0.00000961. The van der Waals surface area contributed by atoms with Crippen molar-refractivity contribution in [1.82, 2.24) is 10.6 Å². The van der Waals surface area contributed by atoms with Crippen LogP contribution in [0.1, 0.15) is 47.5 Å². The monoisotopic (exact) mass is 546 g/mol. The second-order valence-electron chi connectivity index (χ2n) is 8.90. The van der Waals surface area contributed by atoms with E-state index in [4.69, 9.17) is 14.2 Å². The van der Waals surface area contributed by atoms with Gasteiger partial charge in [0, 0.05) is 13.5 Å². The summed E-state index contributed by atoms with van der Waals surface area (Å²) in [5.74, 6) is -0.495. The van der Waals surface area contributed by atoms with Crippen molar-refractivity contribution >= 4 is 41.2 Å². The molecule has 1 saturated heterocycles. The maximum atomic E-state index is 11.5. The van der Waals surface area contributed by atoms with Crippen LogP contribution in [-0.4, -0.2) is 94.1 Å². The zero-order chi connectivity index (χ0) is 23.8. The summed E-state index contributed by atoms with van der Waals surface area (Å²) in [6.45, 7) is 9.14. The largest absolute Gasteiger partial charge is 0.394 e. The molecule has 1 rings (SSSR count). The Morgan fingerprint density at radius 1 is 1.09 bits per heavy atom. The summed E-state index contributed by atoms with van der Waals surface area (Å²) in [5, 5.41) is 35.5. The Hall–Kier alpha value is -0.470. The molecule has 5 atom stereocenters. The highest BCUT2D eigenvalue weighted by molar-refractivity contribution is 9.09. The second-order valence-corrected chi connectivity index (χ2v) is 9.46. The molecule has 1 aliphatic rings. The third-order valence-electron chi connectivity index (χ3n) is 5.05. The maximum Gasteiger partial charge on any atom is 0.230 e. The van der Waals surface area contributed by atoms with Crippen LogP contribution in [-0.2, 0) is 23.8 Å². The van der Waals surface area contributed by atoms with E-state index in [1.165, 1.54) is 6.92 Å². The number of rotatable bonds is 12. The van der Waals surface area contributed by atoms with Crippen molar-refractivity contribution in [2.45, 2.75) is 89.3 Å². The Labute approximate surface area is 205 Å². The molecule has 1 aliphatic heterocycles. The van der Waals surface area contributed by atoms with Crippen LogP contribution >= 0.6 is 29.4 Å². The molecule has 2 amide bonds. The normalized spacial score (nSPS) is 26.2. The number of amides is 2. The van der Waals surface area contributed by atoms with Gasteiger partial charge >= 0.3 is 0 Å². The predicted octanol–water partition coefficient (Wildman–Crippen LogP) is -0.0754. The van der Waals surface area contributed by atoms with Gasteiger partial charge in [-0.3, -0.25) is 9.59 Å². The maximum absolute atomic E-state index is 11.5. The molecule has 0 bridgehead atoms. The number of alkyl halides is 1. The van der Waals surface area contributed by atoms with Gasteiger partial charge in [-0.2, -0.15) is 13.5 Å². The van der Waals surface area contributed by atoms with Crippen molar-refractivity contribution in [1.29, 1.82) is 0 Å². The molecule has 190 valence electrons. The lowest BCUT2D eigenvalue weighted by atomic mass is 9.96. The molecular weight excluding hydrogens is 508 g/mol. The molecule has 5 N–H and O–H groups in total. The number of carbonyl (C=O) groups is 2. The average Bonchev–Trinajstić information content (AvgIpc) is 2.66. The minimum Gasteiger partial charge on any atom is -0.394 e. The fourth-order valence-corrected chi connectivity index (χ4v) is 3.34. The molecule has 32 heavy (non-hydrogen) atoms. The van der Waals surface area contributed by atoms with Crippen molar-refractivity contribution in [2.24, 2.45) is 0 Å². The average molecular weight is 548 g/mol. The topological polar surface area (TPSA) is 147 Å². The molecule has 0 spiro atoms. The van der Waals surface area contributed by atoms with Crippen molar-refractivity contribution < 1.29 is 39.1 Å². The smallest absolute Gasteiger partial charge is 0.230 e. The zero-order valence-electron chi connectivity index (χ0n) is 19.4. The van der Waals surface area contributed by atoms with E-state index in [1.807, 2.05) is 27.7 Å². The van der Waals surface area contributed by atoms with E-state index in [0.717, 1.165) is 0 Å². The van der Waals surface area contributed by atoms with Crippen LogP contribution in [0.25, 0.3) is 0 Å². The van der Waals surface area contributed by atoms with Crippen molar-refractivity contribution in [3.8, 4) is 0 Å². The van der Waals surface area contributed by atoms with Crippen LogP contribution in [0.2, 0.25) is 0 Å². The molecule has 1 fully saturated rings. The highest BCUT2D eigenvalue weighted by atomic mass is 79.9. The Bertz CT molecular complexity index is 596. The molecule has 0 saturated carbocycles. The molecule has 0 aromatic carbocycles. The summed E-state index contributed by atoms with van der Waals surface area (Å²) in [6, 6.07) is -0.995. The van der Waals surface area contributed by atoms with Crippen LogP contribution in [0.5, 0.6) is 0 Å². The summed E-state index contributed by atoms with van der Waals surface area (Å²) < 4.78 is 17.6. The number of ether oxygens (including phenoxy) is 3. The Morgan fingerprint density at radius 3 is 2.25 bits per heavy atom. The van der Waals surface area contributed by atoms with E-state index in [1.54, 1.807) is 0 Å². The molecule has 0 aromatic heterocycles. The number of nitrogens with one attached hydrogen (secondary N) is 2. The first-order valence-corrected chi connectivity index (χ1v) is 11.5. The molecule has 0 aliphatic carbocycles. The van der Waals surface area contributed by atoms with Gasteiger partial charge in [-0.15, -0.1) is 0 Å². The number of aliphatic hydroxyl groups excluding tert-OH is 3. The van der Waals surface area contributed by atoms with Crippen molar-refractivity contribution in [3.05, 3.63) is 0 Å². The van der Waals surface area contributed by atoms with Gasteiger partial charge in [0.1, 0.15) is 24.4 Å². The first kappa shape index (κ1) is 31.5. The number of aliphatic hydroxyl groups is 3. The summed E-state index contributed by atoms with van der Waals surface area (Å²) in [5.41, 5.74) is -1.22. The summed E-state index contributed by atoms with van der Waals surface area (Å²) in [4.78, 5) is 22.9. The molecule has 1 heterocycles. The third-order valence-corrected chi connectivity index (χ3v) is 5.56. The van der Waals surface area contributed by atoms with Gasteiger partial charge in [0.25, 0.3) is 0 Å². The predicted molar refractivity (Wildman–Crippen MR) is 127 cm³/mol. The number of halogens is 1. The SMILES string of the molecule is CC(=O)NC1C(OC(C)(C)CCOC(C)(C)CCNC(=O)CBr)OC(CO)C(O)C1O.S. The van der Waals surface area contributed by atoms with E-state index in [-0.39, 0.29) is 24.7 Å². The quantitative estimate of drug-likeness (QED) is 0.214. The lowest BCUT2D eigenvalue weighted by Crippen LogP contribution is -2.65. The summed E-state index contributed by atoms with van der Waals surface area (Å²) >= 11 is 3.10. The van der Waals surface area contributed by atoms with Gasteiger partial charge in [0.2, 0.25) is 11.8 Å². The minimum atomic E-state index is -1.36. The van der Waals surface area contributed by atoms with Crippen molar-refractivity contribution in [2.75, 3.05) is 25.1 Å². The molecular formula is C20H39BrN2O8S. The van der Waals surface area contributed by atoms with Gasteiger partial charge in [-0.1, -0.05) is 15.9 Å². The van der Waals surface area contributed by atoms with Crippen LogP contribution in [0.15, 0.2) is 0 Å². The van der Waals surface area contributed by atoms with E-state index in [2.05, 4.69) is 26.6 Å². The second kappa shape index (κ2) is 14.1. The zero-order valence-corrected chi connectivity index (χ0v) is 22.0. The fourth-order valence-electron chi connectivity index (χ4n) is 3.14. The van der Waals surface area contributed by atoms with Crippen LogP contribution in [0.3, 0.4) is 0 Å². The van der Waals surface area contributed by atoms with E-state index < -0.39 is 54.4 Å². The summed E-state index contributed by atoms with van der Waals surface area (Å²) in [6.07, 6.45) is -3.72. The number of carbonyl (C=O) groups excluding carboxylic acids is 2. The van der Waals surface area contributed by atoms with Crippen LogP contribution in [0, 0.1) is 0 Å². The van der Waals surface area contributed by atoms with Crippen LogP contribution in [0.4, 0.5) is 0 Å². The number of hydrogen-bond donors (Lipinski definition) is 5. The van der Waals surface area contributed by atoms with Gasteiger partial charge in [-0.25, -0.2) is 0 Å². The highest BCUT2D eigenvalue weighted by Crippen LogP contribution is 2.28. The fraction of sp³-hybridized carbons (Fsp3) is 0.900. The summed E-state index contributed by atoms with van der Waals surface area (Å²) in [7, 11) is 0. The van der Waals surface area contributed by atoms with Crippen LogP contribution < -0.4 is 10.6 Å². The van der Waals surface area contributed by atoms with E-state index >= 15 is 0 Å². The highest BCUT2D eigenvalue weighted by Gasteiger charge is 2.46. The van der Waals surface area contributed by atoms with Gasteiger partial charge in [0.15, 0.2) is 6.29 Å². The molecule has 5 unspecified atom stereocenters. The lowest BCUT2D eigenvalue weighted by Gasteiger charge is -2.44.